The molecule has 3 nitrogen and oxygen atoms in total. The predicted octanol–water partition coefficient (Wildman–Crippen LogP) is 2.73. The first-order chi connectivity index (χ1) is 8.15. The fourth-order valence-electron chi connectivity index (χ4n) is 2.81. The summed E-state index contributed by atoms with van der Waals surface area (Å²) in [6.07, 6.45) is 4.85. The summed E-state index contributed by atoms with van der Waals surface area (Å²) in [5.41, 5.74) is 2.41. The molecule has 96 valence electrons. The van der Waals surface area contributed by atoms with Crippen molar-refractivity contribution in [2.24, 2.45) is 5.92 Å². The Kier molecular flexibility index (Phi) is 3.87. The molecule has 3 heteroatoms. The maximum absolute atomic E-state index is 10.2. The fourth-order valence-corrected chi connectivity index (χ4v) is 2.81. The van der Waals surface area contributed by atoms with Crippen LogP contribution in [0.2, 0.25) is 0 Å². The molecule has 1 aliphatic carbocycles. The third-order valence-electron chi connectivity index (χ3n) is 3.95. The van der Waals surface area contributed by atoms with Crippen molar-refractivity contribution in [3.63, 3.8) is 0 Å². The highest BCUT2D eigenvalue weighted by Crippen LogP contribution is 2.33. The molecule has 0 radical (unpaired) electrons. The Hall–Kier alpha value is -0.830. The Morgan fingerprint density at radius 3 is 2.76 bits per heavy atom. The summed E-state index contributed by atoms with van der Waals surface area (Å²) in [5, 5.41) is 14.8. The number of aromatic nitrogens is 2. The zero-order chi connectivity index (χ0) is 12.4. The molecule has 1 aliphatic rings. The lowest BCUT2D eigenvalue weighted by molar-refractivity contribution is 0.0504. The first-order valence-electron chi connectivity index (χ1n) is 6.91. The highest BCUT2D eigenvalue weighted by molar-refractivity contribution is 5.12. The van der Waals surface area contributed by atoms with Gasteiger partial charge in [0.2, 0.25) is 0 Å². The zero-order valence-electron chi connectivity index (χ0n) is 11.2. The minimum Gasteiger partial charge on any atom is -0.391 e. The summed E-state index contributed by atoms with van der Waals surface area (Å²) in [4.78, 5) is 0. The quantitative estimate of drug-likeness (QED) is 0.876. The van der Waals surface area contributed by atoms with Crippen molar-refractivity contribution in [3.05, 3.63) is 17.5 Å². The van der Waals surface area contributed by atoms with Crippen molar-refractivity contribution >= 4 is 0 Å². The number of rotatable bonds is 3. The SMILES string of the molecule is CCc1cc(CC)n(C2CC(C)CCC2O)n1. The molecule has 0 spiro atoms. The Morgan fingerprint density at radius 2 is 2.12 bits per heavy atom. The molecule has 1 fully saturated rings. The number of aliphatic hydroxyl groups excluding tert-OH is 1. The van der Waals surface area contributed by atoms with E-state index in [2.05, 4.69) is 36.6 Å². The van der Waals surface area contributed by atoms with Crippen molar-refractivity contribution in [2.45, 2.75) is 65.0 Å². The summed E-state index contributed by atoms with van der Waals surface area (Å²) >= 11 is 0. The summed E-state index contributed by atoms with van der Waals surface area (Å²) in [7, 11) is 0. The minimum atomic E-state index is -0.221. The maximum Gasteiger partial charge on any atom is 0.0783 e. The van der Waals surface area contributed by atoms with Crippen LogP contribution >= 0.6 is 0 Å². The van der Waals surface area contributed by atoms with Gasteiger partial charge in [0.1, 0.15) is 0 Å². The van der Waals surface area contributed by atoms with E-state index in [-0.39, 0.29) is 12.1 Å². The third kappa shape index (κ3) is 2.54. The van der Waals surface area contributed by atoms with E-state index in [1.54, 1.807) is 0 Å². The second-order valence-electron chi connectivity index (χ2n) is 5.33. The lowest BCUT2D eigenvalue weighted by Gasteiger charge is -2.32. The molecule has 3 unspecified atom stereocenters. The van der Waals surface area contributed by atoms with Gasteiger partial charge in [-0.25, -0.2) is 0 Å². The van der Waals surface area contributed by atoms with Gasteiger partial charge in [0, 0.05) is 5.69 Å². The lowest BCUT2D eigenvalue weighted by atomic mass is 9.85. The molecule has 1 aromatic heterocycles. The van der Waals surface area contributed by atoms with Gasteiger partial charge in [0.15, 0.2) is 0 Å². The first-order valence-corrected chi connectivity index (χ1v) is 6.91. The van der Waals surface area contributed by atoms with Crippen LogP contribution in [0.5, 0.6) is 0 Å². The molecule has 0 aromatic carbocycles. The molecule has 1 saturated carbocycles. The van der Waals surface area contributed by atoms with Crippen molar-refractivity contribution in [1.82, 2.24) is 9.78 Å². The molecule has 1 N–H and O–H groups in total. The molecular formula is C14H24N2O. The number of aryl methyl sites for hydroxylation is 2. The normalized spacial score (nSPS) is 29.5. The van der Waals surface area contributed by atoms with Crippen LogP contribution in [0.4, 0.5) is 0 Å². The Labute approximate surface area is 104 Å². The van der Waals surface area contributed by atoms with E-state index in [9.17, 15) is 5.11 Å². The van der Waals surface area contributed by atoms with Gasteiger partial charge in [-0.3, -0.25) is 4.68 Å². The summed E-state index contributed by atoms with van der Waals surface area (Å²) in [6.45, 7) is 6.56. The summed E-state index contributed by atoms with van der Waals surface area (Å²) in [6, 6.07) is 2.38. The molecular weight excluding hydrogens is 212 g/mol. The van der Waals surface area contributed by atoms with Crippen molar-refractivity contribution in [3.8, 4) is 0 Å². The summed E-state index contributed by atoms with van der Waals surface area (Å²) < 4.78 is 2.10. The standard InChI is InChI=1S/C14H24N2O/c1-4-11-9-12(5-2)16(15-11)13-8-10(3)6-7-14(13)17/h9-10,13-14,17H,4-8H2,1-3H3. The third-order valence-corrected chi connectivity index (χ3v) is 3.95. The topological polar surface area (TPSA) is 38.0 Å². The van der Waals surface area contributed by atoms with Gasteiger partial charge >= 0.3 is 0 Å². The highest BCUT2D eigenvalue weighted by Gasteiger charge is 2.30. The van der Waals surface area contributed by atoms with Gasteiger partial charge < -0.3 is 5.11 Å². The number of nitrogens with zero attached hydrogens (tertiary/aromatic N) is 2. The number of hydrogen-bond acceptors (Lipinski definition) is 2. The Morgan fingerprint density at radius 1 is 1.35 bits per heavy atom. The molecule has 0 amide bonds. The van der Waals surface area contributed by atoms with Gasteiger partial charge in [-0.05, 0) is 44.1 Å². The van der Waals surface area contributed by atoms with Crippen molar-refractivity contribution in [2.75, 3.05) is 0 Å². The summed E-state index contributed by atoms with van der Waals surface area (Å²) in [5.74, 6) is 0.697. The van der Waals surface area contributed by atoms with E-state index >= 15 is 0 Å². The smallest absolute Gasteiger partial charge is 0.0783 e. The molecule has 1 heterocycles. The van der Waals surface area contributed by atoms with Crippen LogP contribution in [0.15, 0.2) is 6.07 Å². The van der Waals surface area contributed by atoms with Gasteiger partial charge in [0.25, 0.3) is 0 Å². The van der Waals surface area contributed by atoms with Crippen LogP contribution in [0, 0.1) is 5.92 Å². The van der Waals surface area contributed by atoms with Crippen LogP contribution in [-0.2, 0) is 12.8 Å². The molecule has 3 atom stereocenters. The highest BCUT2D eigenvalue weighted by atomic mass is 16.3. The van der Waals surface area contributed by atoms with Crippen LogP contribution in [0.1, 0.15) is 57.5 Å². The average Bonchev–Trinajstić information content (AvgIpc) is 2.75. The van der Waals surface area contributed by atoms with E-state index in [1.807, 2.05) is 0 Å². The van der Waals surface area contributed by atoms with Crippen LogP contribution in [0.25, 0.3) is 0 Å². The molecule has 17 heavy (non-hydrogen) atoms. The molecule has 2 rings (SSSR count). The van der Waals surface area contributed by atoms with Gasteiger partial charge in [0.05, 0.1) is 17.8 Å². The minimum absolute atomic E-state index is 0.189. The molecule has 1 aromatic rings. The molecule has 0 saturated heterocycles. The van der Waals surface area contributed by atoms with E-state index in [1.165, 1.54) is 5.69 Å². The van der Waals surface area contributed by atoms with Gasteiger partial charge in [-0.15, -0.1) is 0 Å². The largest absolute Gasteiger partial charge is 0.391 e. The Balaban J connectivity index is 2.27. The fraction of sp³-hybridized carbons (Fsp3) is 0.786. The predicted molar refractivity (Wildman–Crippen MR) is 69.0 cm³/mol. The average molecular weight is 236 g/mol. The Bertz CT molecular complexity index is 372. The van der Waals surface area contributed by atoms with E-state index < -0.39 is 0 Å². The van der Waals surface area contributed by atoms with E-state index in [0.717, 1.165) is 37.8 Å². The number of aliphatic hydroxyl groups is 1. The van der Waals surface area contributed by atoms with Crippen LogP contribution < -0.4 is 0 Å². The van der Waals surface area contributed by atoms with Crippen molar-refractivity contribution in [1.29, 1.82) is 0 Å². The number of hydrogen-bond donors (Lipinski definition) is 1. The van der Waals surface area contributed by atoms with E-state index in [4.69, 9.17) is 0 Å². The van der Waals surface area contributed by atoms with Gasteiger partial charge in [-0.1, -0.05) is 20.8 Å². The molecule has 0 aliphatic heterocycles. The first kappa shape index (κ1) is 12.6. The van der Waals surface area contributed by atoms with Crippen molar-refractivity contribution < 1.29 is 5.11 Å². The monoisotopic (exact) mass is 236 g/mol. The maximum atomic E-state index is 10.2. The second-order valence-corrected chi connectivity index (χ2v) is 5.33. The van der Waals surface area contributed by atoms with Crippen LogP contribution in [0.3, 0.4) is 0 Å². The lowest BCUT2D eigenvalue weighted by Crippen LogP contribution is -2.32. The zero-order valence-corrected chi connectivity index (χ0v) is 11.2. The van der Waals surface area contributed by atoms with Crippen LogP contribution in [-0.4, -0.2) is 21.0 Å². The second kappa shape index (κ2) is 5.21. The molecule has 0 bridgehead atoms. The van der Waals surface area contributed by atoms with Gasteiger partial charge in [-0.2, -0.15) is 5.10 Å². The van der Waals surface area contributed by atoms with E-state index in [0.29, 0.717) is 5.92 Å².